The molecule has 1 amide bonds. The lowest BCUT2D eigenvalue weighted by molar-refractivity contribution is 0.0954. The summed E-state index contributed by atoms with van der Waals surface area (Å²) in [5, 5.41) is 3.91. The van der Waals surface area contributed by atoms with Gasteiger partial charge in [0.2, 0.25) is 0 Å². The Labute approximate surface area is 159 Å². The highest BCUT2D eigenvalue weighted by Crippen LogP contribution is 2.26. The Bertz CT molecular complexity index is 753. The zero-order valence-electron chi connectivity index (χ0n) is 15.7. The second-order valence-corrected chi connectivity index (χ2v) is 7.73. The molecule has 5 nitrogen and oxygen atoms in total. The van der Waals surface area contributed by atoms with E-state index >= 15 is 0 Å². The van der Waals surface area contributed by atoms with Gasteiger partial charge in [-0.25, -0.2) is 4.98 Å². The number of ether oxygens (including phenoxy) is 1. The highest BCUT2D eigenvalue weighted by molar-refractivity contribution is 7.13. The van der Waals surface area contributed by atoms with E-state index < -0.39 is 0 Å². The predicted molar refractivity (Wildman–Crippen MR) is 106 cm³/mol. The quantitative estimate of drug-likeness (QED) is 0.829. The second kappa shape index (κ2) is 8.64. The number of hydrogen-bond acceptors (Lipinski definition) is 5. The lowest BCUT2D eigenvalue weighted by Gasteiger charge is -2.30. The van der Waals surface area contributed by atoms with Crippen molar-refractivity contribution < 1.29 is 9.53 Å². The van der Waals surface area contributed by atoms with Gasteiger partial charge in [-0.1, -0.05) is 18.2 Å². The Balaban J connectivity index is 1.69. The first-order valence-electron chi connectivity index (χ1n) is 9.21. The molecule has 1 aromatic heterocycles. The minimum atomic E-state index is -0.0972. The molecule has 1 N–H and O–H groups in total. The van der Waals surface area contributed by atoms with Crippen LogP contribution >= 0.6 is 11.3 Å². The van der Waals surface area contributed by atoms with Crippen LogP contribution < -0.4 is 10.2 Å². The van der Waals surface area contributed by atoms with Crippen LogP contribution in [-0.2, 0) is 11.3 Å². The van der Waals surface area contributed by atoms with Crippen molar-refractivity contribution >= 4 is 22.9 Å². The summed E-state index contributed by atoms with van der Waals surface area (Å²) in [6.07, 6.45) is 3.69. The molecule has 1 aliphatic rings. The van der Waals surface area contributed by atoms with E-state index in [4.69, 9.17) is 4.74 Å². The number of thiazole rings is 1. The van der Waals surface area contributed by atoms with Crippen molar-refractivity contribution in [3.05, 3.63) is 45.4 Å². The number of carbonyl (C=O) groups is 1. The summed E-state index contributed by atoms with van der Waals surface area (Å²) in [6.45, 7) is 6.53. The number of benzene rings is 1. The molecule has 140 valence electrons. The van der Waals surface area contributed by atoms with Crippen molar-refractivity contribution in [3.8, 4) is 0 Å². The molecule has 2 heterocycles. The number of aromatic nitrogens is 1. The Hall–Kier alpha value is -1.92. The van der Waals surface area contributed by atoms with Crippen LogP contribution in [-0.4, -0.2) is 31.1 Å². The van der Waals surface area contributed by atoms with Crippen LogP contribution in [0.5, 0.6) is 0 Å². The first-order valence-corrected chi connectivity index (χ1v) is 10.0. The number of amides is 1. The largest absolute Gasteiger partial charge is 0.375 e. The fraction of sp³-hybridized carbons (Fsp3) is 0.500. The van der Waals surface area contributed by atoms with Crippen LogP contribution in [0.2, 0.25) is 0 Å². The Morgan fingerprint density at radius 2 is 2.04 bits per heavy atom. The molecule has 6 heteroatoms. The molecule has 0 spiro atoms. The molecule has 2 aromatic rings. The standard InChI is InChI=1S/C20H27N3O2S/c1-14-18(26-20(22-14)15(2)25-3)19(24)21-13-16-9-5-6-10-17(16)23-11-7-4-8-12-23/h5-6,9-10,15H,4,7-8,11-13H2,1-3H3,(H,21,24)/t15-/m0/s1. The SMILES string of the molecule is CO[C@@H](C)c1nc(C)c(C(=O)NCc2ccccc2N2CCCCC2)s1. The van der Waals surface area contributed by atoms with Crippen molar-refractivity contribution in [1.29, 1.82) is 0 Å². The van der Waals surface area contributed by atoms with Crippen LogP contribution in [0, 0.1) is 6.92 Å². The zero-order chi connectivity index (χ0) is 18.5. The van der Waals surface area contributed by atoms with Crippen LogP contribution in [0.3, 0.4) is 0 Å². The summed E-state index contributed by atoms with van der Waals surface area (Å²) in [6, 6.07) is 8.36. The maximum Gasteiger partial charge on any atom is 0.263 e. The summed E-state index contributed by atoms with van der Waals surface area (Å²) in [4.78, 5) is 20.2. The van der Waals surface area contributed by atoms with Gasteiger partial charge in [-0.3, -0.25) is 4.79 Å². The second-order valence-electron chi connectivity index (χ2n) is 6.70. The third kappa shape index (κ3) is 4.24. The summed E-state index contributed by atoms with van der Waals surface area (Å²) >= 11 is 1.41. The van der Waals surface area contributed by atoms with Crippen LogP contribution in [0.4, 0.5) is 5.69 Å². The topological polar surface area (TPSA) is 54.5 Å². The smallest absolute Gasteiger partial charge is 0.263 e. The maximum atomic E-state index is 12.7. The minimum absolute atomic E-state index is 0.0667. The van der Waals surface area contributed by atoms with Gasteiger partial charge < -0.3 is 15.0 Å². The first-order chi connectivity index (χ1) is 12.6. The number of carbonyl (C=O) groups excluding carboxylic acids is 1. The highest BCUT2D eigenvalue weighted by atomic mass is 32.1. The summed E-state index contributed by atoms with van der Waals surface area (Å²) in [5.74, 6) is -0.0667. The lowest BCUT2D eigenvalue weighted by Crippen LogP contribution is -2.31. The van der Waals surface area contributed by atoms with Gasteiger partial charge in [0.15, 0.2) is 0 Å². The van der Waals surface area contributed by atoms with Crippen molar-refractivity contribution in [2.75, 3.05) is 25.1 Å². The lowest BCUT2D eigenvalue weighted by atomic mass is 10.1. The van der Waals surface area contributed by atoms with Gasteiger partial charge in [0.05, 0.1) is 5.69 Å². The third-order valence-corrected chi connectivity index (χ3v) is 6.17. The number of para-hydroxylation sites is 1. The average molecular weight is 374 g/mol. The van der Waals surface area contributed by atoms with Crippen LogP contribution in [0.15, 0.2) is 24.3 Å². The van der Waals surface area contributed by atoms with Crippen LogP contribution in [0.1, 0.15) is 58.2 Å². The van der Waals surface area contributed by atoms with Crippen molar-refractivity contribution in [2.24, 2.45) is 0 Å². The molecule has 0 aliphatic carbocycles. The Morgan fingerprint density at radius 1 is 1.31 bits per heavy atom. The van der Waals surface area contributed by atoms with Crippen molar-refractivity contribution in [1.82, 2.24) is 10.3 Å². The molecule has 26 heavy (non-hydrogen) atoms. The molecule has 0 unspecified atom stereocenters. The van der Waals surface area contributed by atoms with Crippen LogP contribution in [0.25, 0.3) is 0 Å². The molecule has 1 saturated heterocycles. The van der Waals surface area contributed by atoms with E-state index in [2.05, 4.69) is 33.4 Å². The van der Waals surface area contributed by atoms with E-state index in [0.29, 0.717) is 11.4 Å². The molecular weight excluding hydrogens is 346 g/mol. The zero-order valence-corrected chi connectivity index (χ0v) is 16.6. The van der Waals surface area contributed by atoms with Gasteiger partial charge in [0, 0.05) is 32.4 Å². The molecule has 3 rings (SSSR count). The van der Waals surface area contributed by atoms with Gasteiger partial charge in [0.25, 0.3) is 5.91 Å². The predicted octanol–water partition coefficient (Wildman–Crippen LogP) is 4.08. The van der Waals surface area contributed by atoms with E-state index in [1.807, 2.05) is 19.9 Å². The normalized spacial score (nSPS) is 15.7. The molecule has 1 atom stereocenters. The van der Waals surface area contributed by atoms with Gasteiger partial charge in [-0.05, 0) is 44.7 Å². The number of hydrogen-bond donors (Lipinski definition) is 1. The molecule has 0 saturated carbocycles. The maximum absolute atomic E-state index is 12.7. The van der Waals surface area contributed by atoms with Gasteiger partial charge in [0.1, 0.15) is 16.0 Å². The Morgan fingerprint density at radius 3 is 2.77 bits per heavy atom. The monoisotopic (exact) mass is 373 g/mol. The number of nitrogens with one attached hydrogen (secondary N) is 1. The molecule has 1 aromatic carbocycles. The number of methoxy groups -OCH3 is 1. The third-order valence-electron chi connectivity index (χ3n) is 4.85. The summed E-state index contributed by atoms with van der Waals surface area (Å²) in [5.41, 5.74) is 3.16. The summed E-state index contributed by atoms with van der Waals surface area (Å²) in [7, 11) is 1.65. The molecule has 0 radical (unpaired) electrons. The van der Waals surface area contributed by atoms with E-state index in [1.54, 1.807) is 7.11 Å². The number of rotatable bonds is 6. The fourth-order valence-corrected chi connectivity index (χ4v) is 4.27. The summed E-state index contributed by atoms with van der Waals surface area (Å²) < 4.78 is 5.31. The first kappa shape index (κ1) is 18.9. The van der Waals surface area contributed by atoms with E-state index in [1.165, 1.54) is 36.3 Å². The highest BCUT2D eigenvalue weighted by Gasteiger charge is 2.19. The van der Waals surface area contributed by atoms with Crippen molar-refractivity contribution in [2.45, 2.75) is 45.8 Å². The van der Waals surface area contributed by atoms with E-state index in [9.17, 15) is 4.79 Å². The van der Waals surface area contributed by atoms with E-state index in [-0.39, 0.29) is 12.0 Å². The number of piperidine rings is 1. The van der Waals surface area contributed by atoms with E-state index in [0.717, 1.165) is 29.4 Å². The number of anilines is 1. The number of aryl methyl sites for hydroxylation is 1. The van der Waals surface area contributed by atoms with Gasteiger partial charge in [-0.2, -0.15) is 0 Å². The molecule has 1 fully saturated rings. The number of nitrogens with zero attached hydrogens (tertiary/aromatic N) is 2. The van der Waals surface area contributed by atoms with Crippen molar-refractivity contribution in [3.63, 3.8) is 0 Å². The minimum Gasteiger partial charge on any atom is -0.375 e. The Kier molecular flexibility index (Phi) is 6.27. The average Bonchev–Trinajstić information content (AvgIpc) is 3.08. The molecule has 0 bridgehead atoms. The fourth-order valence-electron chi connectivity index (χ4n) is 3.26. The molecular formula is C20H27N3O2S. The molecule has 1 aliphatic heterocycles. The van der Waals surface area contributed by atoms with Gasteiger partial charge in [-0.15, -0.1) is 11.3 Å². The van der Waals surface area contributed by atoms with Gasteiger partial charge >= 0.3 is 0 Å².